The number of hydrogen-bond acceptors (Lipinski definition) is 5. The minimum absolute atomic E-state index is 0.0837. The third-order valence-corrected chi connectivity index (χ3v) is 8.33. The first-order valence-electron chi connectivity index (χ1n) is 14.2. The highest BCUT2D eigenvalue weighted by Crippen LogP contribution is 2.52. The molecular formula is C31H44FN5O2S. The van der Waals surface area contributed by atoms with Crippen LogP contribution in [0.2, 0.25) is 0 Å². The predicted octanol–water partition coefficient (Wildman–Crippen LogP) is 7.10. The first-order valence-corrected chi connectivity index (χ1v) is 15.1. The summed E-state index contributed by atoms with van der Waals surface area (Å²) >= 11 is 1.32. The SMILES string of the molecule is CCC(C)CC1C(CC)C1CF.Cc1cccc(-c2csc(NC(=O)CNC(=O)c3ccn(C(C)(C)C)c3)n2)n1. The van der Waals surface area contributed by atoms with Gasteiger partial charge in [-0.05, 0) is 76.0 Å². The lowest BCUT2D eigenvalue weighted by molar-refractivity contribution is -0.115. The van der Waals surface area contributed by atoms with E-state index in [4.69, 9.17) is 0 Å². The van der Waals surface area contributed by atoms with Crippen molar-refractivity contribution >= 4 is 28.3 Å². The van der Waals surface area contributed by atoms with Crippen molar-refractivity contribution in [3.63, 3.8) is 0 Å². The third-order valence-electron chi connectivity index (χ3n) is 7.57. The zero-order valence-corrected chi connectivity index (χ0v) is 25.6. The first-order chi connectivity index (χ1) is 19.0. The quantitative estimate of drug-likeness (QED) is 0.272. The molecule has 4 unspecified atom stereocenters. The van der Waals surface area contributed by atoms with Crippen LogP contribution in [-0.4, -0.2) is 39.6 Å². The van der Waals surface area contributed by atoms with Crippen LogP contribution < -0.4 is 10.6 Å². The molecule has 0 spiro atoms. The lowest BCUT2D eigenvalue weighted by Gasteiger charge is -2.20. The highest BCUT2D eigenvalue weighted by molar-refractivity contribution is 7.14. The Balaban J connectivity index is 0.000000307. The van der Waals surface area contributed by atoms with E-state index in [0.717, 1.165) is 23.2 Å². The number of thiazole rings is 1. The van der Waals surface area contributed by atoms with Crippen LogP contribution in [-0.2, 0) is 10.3 Å². The number of carbonyl (C=O) groups excluding carboxylic acids is 2. The number of aryl methyl sites for hydroxylation is 1. The summed E-state index contributed by atoms with van der Waals surface area (Å²) in [6.45, 7) is 14.5. The molecule has 0 bridgehead atoms. The molecule has 1 aliphatic rings. The summed E-state index contributed by atoms with van der Waals surface area (Å²) in [6, 6.07) is 7.44. The molecule has 1 fully saturated rings. The van der Waals surface area contributed by atoms with Crippen LogP contribution in [0.25, 0.3) is 11.4 Å². The van der Waals surface area contributed by atoms with E-state index < -0.39 is 0 Å². The van der Waals surface area contributed by atoms with Crippen molar-refractivity contribution < 1.29 is 14.0 Å². The van der Waals surface area contributed by atoms with Gasteiger partial charge in [0.2, 0.25) is 5.91 Å². The second kappa shape index (κ2) is 14.0. The number of nitrogens with zero attached hydrogens (tertiary/aromatic N) is 3. The fourth-order valence-corrected chi connectivity index (χ4v) is 5.57. The van der Waals surface area contributed by atoms with E-state index in [1.165, 1.54) is 30.6 Å². The third kappa shape index (κ3) is 8.71. The van der Waals surface area contributed by atoms with Crippen molar-refractivity contribution in [2.45, 2.75) is 73.3 Å². The van der Waals surface area contributed by atoms with E-state index in [1.807, 2.05) is 41.3 Å². The number of nitrogens with one attached hydrogen (secondary N) is 2. The number of halogens is 1. The predicted molar refractivity (Wildman–Crippen MR) is 161 cm³/mol. The molecule has 2 amide bonds. The van der Waals surface area contributed by atoms with Gasteiger partial charge in [0.1, 0.15) is 5.69 Å². The Labute approximate surface area is 242 Å². The number of rotatable bonds is 10. The fraction of sp³-hybridized carbons (Fsp3) is 0.548. The van der Waals surface area contributed by atoms with Crippen LogP contribution in [0.4, 0.5) is 9.52 Å². The molecule has 0 saturated heterocycles. The molecule has 4 atom stereocenters. The lowest BCUT2D eigenvalue weighted by atomic mass is 10.00. The van der Waals surface area contributed by atoms with Crippen molar-refractivity contribution in [1.29, 1.82) is 0 Å². The average Bonchev–Trinajstić information content (AvgIpc) is 3.24. The topological polar surface area (TPSA) is 88.9 Å². The van der Waals surface area contributed by atoms with E-state index in [0.29, 0.717) is 28.2 Å². The second-order valence-corrected chi connectivity index (χ2v) is 12.6. The van der Waals surface area contributed by atoms with Gasteiger partial charge in [0.05, 0.1) is 24.5 Å². The highest BCUT2D eigenvalue weighted by Gasteiger charge is 2.48. The molecule has 0 aromatic carbocycles. The van der Waals surface area contributed by atoms with Crippen molar-refractivity contribution in [3.05, 3.63) is 53.3 Å². The molecule has 218 valence electrons. The van der Waals surface area contributed by atoms with Gasteiger partial charge in [0.15, 0.2) is 5.13 Å². The van der Waals surface area contributed by atoms with Crippen LogP contribution in [0.1, 0.15) is 76.9 Å². The van der Waals surface area contributed by atoms with Gasteiger partial charge in [-0.3, -0.25) is 19.0 Å². The van der Waals surface area contributed by atoms with Crippen LogP contribution in [0, 0.1) is 30.6 Å². The van der Waals surface area contributed by atoms with Gasteiger partial charge in [-0.1, -0.05) is 39.7 Å². The molecule has 1 saturated carbocycles. The van der Waals surface area contributed by atoms with E-state index in [2.05, 4.69) is 62.1 Å². The Hall–Kier alpha value is -3.07. The molecular weight excluding hydrogens is 525 g/mol. The first kappa shape index (κ1) is 31.5. The van der Waals surface area contributed by atoms with Crippen molar-refractivity contribution in [1.82, 2.24) is 19.9 Å². The van der Waals surface area contributed by atoms with Crippen molar-refractivity contribution in [2.75, 3.05) is 18.5 Å². The minimum atomic E-state index is -0.332. The molecule has 1 aliphatic carbocycles. The summed E-state index contributed by atoms with van der Waals surface area (Å²) in [5.41, 5.74) is 2.78. The Morgan fingerprint density at radius 1 is 1.10 bits per heavy atom. The smallest absolute Gasteiger partial charge is 0.253 e. The summed E-state index contributed by atoms with van der Waals surface area (Å²) in [7, 11) is 0. The van der Waals surface area contributed by atoms with Gasteiger partial charge in [0, 0.05) is 29.0 Å². The maximum Gasteiger partial charge on any atom is 0.253 e. The molecule has 9 heteroatoms. The Morgan fingerprint density at radius 3 is 2.42 bits per heavy atom. The zero-order valence-electron chi connectivity index (χ0n) is 24.8. The molecule has 3 aromatic rings. The largest absolute Gasteiger partial charge is 0.348 e. The van der Waals surface area contributed by atoms with Crippen molar-refractivity contribution in [2.24, 2.45) is 23.7 Å². The molecule has 40 heavy (non-hydrogen) atoms. The minimum Gasteiger partial charge on any atom is -0.348 e. The summed E-state index contributed by atoms with van der Waals surface area (Å²) < 4.78 is 14.4. The number of anilines is 1. The fourth-order valence-electron chi connectivity index (χ4n) is 4.85. The van der Waals surface area contributed by atoms with Gasteiger partial charge >= 0.3 is 0 Å². The molecule has 2 N–H and O–H groups in total. The Morgan fingerprint density at radius 2 is 1.85 bits per heavy atom. The Bertz CT molecular complexity index is 1250. The van der Waals surface area contributed by atoms with E-state index in [9.17, 15) is 14.0 Å². The maximum absolute atomic E-state index is 12.4. The van der Waals surface area contributed by atoms with Crippen LogP contribution >= 0.6 is 11.3 Å². The maximum atomic E-state index is 12.4. The average molecular weight is 570 g/mol. The van der Waals surface area contributed by atoms with Gasteiger partial charge in [-0.15, -0.1) is 11.3 Å². The summed E-state index contributed by atoms with van der Waals surface area (Å²) in [5, 5.41) is 7.64. The van der Waals surface area contributed by atoms with Crippen LogP contribution in [0.5, 0.6) is 0 Å². The number of pyridine rings is 1. The van der Waals surface area contributed by atoms with Gasteiger partial charge < -0.3 is 15.2 Å². The Kier molecular flexibility index (Phi) is 11.0. The zero-order chi connectivity index (χ0) is 29.4. The van der Waals surface area contributed by atoms with E-state index >= 15 is 0 Å². The van der Waals surface area contributed by atoms with Gasteiger partial charge in [-0.2, -0.15) is 0 Å². The van der Waals surface area contributed by atoms with Crippen molar-refractivity contribution in [3.8, 4) is 11.4 Å². The summed E-state index contributed by atoms with van der Waals surface area (Å²) in [6.07, 6.45) is 7.30. The van der Waals surface area contributed by atoms with Crippen LogP contribution in [0.3, 0.4) is 0 Å². The molecule has 7 nitrogen and oxygen atoms in total. The molecule has 0 aliphatic heterocycles. The lowest BCUT2D eigenvalue weighted by Crippen LogP contribution is -2.32. The van der Waals surface area contributed by atoms with Gasteiger partial charge in [0.25, 0.3) is 5.91 Å². The molecule has 3 heterocycles. The number of carbonyl (C=O) groups is 2. The number of hydrogen-bond donors (Lipinski definition) is 2. The van der Waals surface area contributed by atoms with Gasteiger partial charge in [-0.25, -0.2) is 4.98 Å². The molecule has 4 rings (SSSR count). The summed E-state index contributed by atoms with van der Waals surface area (Å²) in [5.74, 6) is 2.02. The molecule has 0 radical (unpaired) electrons. The number of amides is 2. The standard InChI is InChI=1S/C20H23N5O2S.C11H21F/c1-13-6-5-7-15(22-13)16-12-28-19(23-16)24-17(26)10-21-18(27)14-8-9-25(11-14)20(2,3)4;1-4-8(3)6-10-9(5-2)11(10)7-12/h5-9,11-12H,10H2,1-4H3,(H,21,27)(H,23,24,26);8-11H,4-7H2,1-3H3. The monoisotopic (exact) mass is 569 g/mol. The molecule has 3 aromatic heterocycles. The van der Waals surface area contributed by atoms with E-state index in [-0.39, 0.29) is 30.6 Å². The number of alkyl halides is 1. The summed E-state index contributed by atoms with van der Waals surface area (Å²) in [4.78, 5) is 33.2. The highest BCUT2D eigenvalue weighted by atomic mass is 32.1. The van der Waals surface area contributed by atoms with E-state index in [1.54, 1.807) is 12.3 Å². The second-order valence-electron chi connectivity index (χ2n) is 11.7. The number of aromatic nitrogens is 3. The normalized spacial score (nSPS) is 18.9. The van der Waals surface area contributed by atoms with Crippen LogP contribution in [0.15, 0.2) is 42.0 Å².